The molecule has 0 heterocycles. The van der Waals surface area contributed by atoms with Crippen molar-refractivity contribution >= 4 is 0 Å². The molecular weight excluding hydrogens is 122 g/mol. The first-order valence-electron chi connectivity index (χ1n) is 3.68. The van der Waals surface area contributed by atoms with E-state index in [-0.39, 0.29) is 5.41 Å². The summed E-state index contributed by atoms with van der Waals surface area (Å²) in [7, 11) is 0. The Morgan fingerprint density at radius 2 is 2.10 bits per heavy atom. The SMILES string of the molecule is CC1=C(C#N)CCC1(C)C. The summed E-state index contributed by atoms with van der Waals surface area (Å²) >= 11 is 0. The predicted octanol–water partition coefficient (Wildman–Crippen LogP) is 2.65. The van der Waals surface area contributed by atoms with Crippen LogP contribution in [-0.2, 0) is 0 Å². The van der Waals surface area contributed by atoms with Gasteiger partial charge in [0.1, 0.15) is 0 Å². The van der Waals surface area contributed by atoms with Crippen LogP contribution in [0, 0.1) is 16.7 Å². The Morgan fingerprint density at radius 1 is 1.50 bits per heavy atom. The third-order valence-electron chi connectivity index (χ3n) is 2.60. The van der Waals surface area contributed by atoms with Gasteiger partial charge in [-0.25, -0.2) is 0 Å². The zero-order valence-corrected chi connectivity index (χ0v) is 6.86. The van der Waals surface area contributed by atoms with E-state index in [1.165, 1.54) is 5.57 Å². The molecule has 0 spiro atoms. The molecule has 1 rings (SSSR count). The average molecular weight is 135 g/mol. The van der Waals surface area contributed by atoms with E-state index in [4.69, 9.17) is 5.26 Å². The van der Waals surface area contributed by atoms with E-state index < -0.39 is 0 Å². The average Bonchev–Trinajstić information content (AvgIpc) is 2.10. The molecule has 54 valence electrons. The molecule has 0 aromatic carbocycles. The topological polar surface area (TPSA) is 23.8 Å². The Hall–Kier alpha value is -0.770. The van der Waals surface area contributed by atoms with Gasteiger partial charge in [0.05, 0.1) is 6.07 Å². The summed E-state index contributed by atoms with van der Waals surface area (Å²) in [6, 6.07) is 2.25. The quantitative estimate of drug-likeness (QED) is 0.501. The number of rotatable bonds is 0. The van der Waals surface area contributed by atoms with Gasteiger partial charge >= 0.3 is 0 Å². The molecule has 0 amide bonds. The van der Waals surface area contributed by atoms with Gasteiger partial charge in [-0.3, -0.25) is 0 Å². The van der Waals surface area contributed by atoms with E-state index in [1.807, 2.05) is 0 Å². The van der Waals surface area contributed by atoms with Crippen molar-refractivity contribution in [3.63, 3.8) is 0 Å². The number of hydrogen-bond acceptors (Lipinski definition) is 1. The van der Waals surface area contributed by atoms with Gasteiger partial charge in [-0.05, 0) is 25.2 Å². The van der Waals surface area contributed by atoms with Crippen molar-refractivity contribution in [2.24, 2.45) is 5.41 Å². The third kappa shape index (κ3) is 0.945. The number of allylic oxidation sites excluding steroid dienone is 2. The summed E-state index contributed by atoms with van der Waals surface area (Å²) in [6.45, 7) is 6.48. The van der Waals surface area contributed by atoms with E-state index in [0.717, 1.165) is 18.4 Å². The minimum absolute atomic E-state index is 0.283. The summed E-state index contributed by atoms with van der Waals surface area (Å²) in [5.41, 5.74) is 2.57. The Kier molecular flexibility index (Phi) is 1.56. The van der Waals surface area contributed by atoms with Crippen molar-refractivity contribution in [1.29, 1.82) is 5.26 Å². The molecule has 1 heteroatoms. The van der Waals surface area contributed by atoms with Gasteiger partial charge in [0.2, 0.25) is 0 Å². The fourth-order valence-electron chi connectivity index (χ4n) is 1.36. The highest BCUT2D eigenvalue weighted by atomic mass is 14.4. The van der Waals surface area contributed by atoms with Crippen LogP contribution in [0.25, 0.3) is 0 Å². The molecule has 0 N–H and O–H groups in total. The van der Waals surface area contributed by atoms with Crippen LogP contribution < -0.4 is 0 Å². The molecule has 1 aliphatic rings. The second-order valence-electron chi connectivity index (χ2n) is 3.60. The first-order chi connectivity index (χ1) is 4.58. The molecule has 0 aliphatic heterocycles. The highest BCUT2D eigenvalue weighted by Gasteiger charge is 2.28. The van der Waals surface area contributed by atoms with E-state index in [0.29, 0.717) is 0 Å². The second kappa shape index (κ2) is 2.12. The molecule has 0 saturated heterocycles. The van der Waals surface area contributed by atoms with E-state index in [1.54, 1.807) is 0 Å². The van der Waals surface area contributed by atoms with Crippen LogP contribution in [0.15, 0.2) is 11.1 Å². The molecular formula is C9H13N. The molecule has 0 fully saturated rings. The van der Waals surface area contributed by atoms with Crippen molar-refractivity contribution in [3.05, 3.63) is 11.1 Å². The Morgan fingerprint density at radius 3 is 2.30 bits per heavy atom. The van der Waals surface area contributed by atoms with E-state index in [2.05, 4.69) is 26.8 Å². The van der Waals surface area contributed by atoms with Gasteiger partial charge in [-0.1, -0.05) is 19.4 Å². The maximum Gasteiger partial charge on any atom is 0.0946 e. The molecule has 0 radical (unpaired) electrons. The van der Waals surface area contributed by atoms with Crippen LogP contribution in [-0.4, -0.2) is 0 Å². The Bertz CT molecular complexity index is 215. The zero-order chi connectivity index (χ0) is 7.78. The van der Waals surface area contributed by atoms with E-state index in [9.17, 15) is 0 Å². The van der Waals surface area contributed by atoms with Crippen molar-refractivity contribution < 1.29 is 0 Å². The highest BCUT2D eigenvalue weighted by Crippen LogP contribution is 2.41. The lowest BCUT2D eigenvalue weighted by molar-refractivity contribution is 0.443. The number of hydrogen-bond donors (Lipinski definition) is 0. The van der Waals surface area contributed by atoms with Crippen LogP contribution in [0.5, 0.6) is 0 Å². The maximum absolute atomic E-state index is 8.66. The number of nitrogens with zero attached hydrogens (tertiary/aromatic N) is 1. The van der Waals surface area contributed by atoms with Crippen LogP contribution in [0.4, 0.5) is 0 Å². The monoisotopic (exact) mass is 135 g/mol. The zero-order valence-electron chi connectivity index (χ0n) is 6.86. The largest absolute Gasteiger partial charge is 0.193 e. The Balaban J connectivity index is 2.98. The normalized spacial score (nSPS) is 23.0. The van der Waals surface area contributed by atoms with Gasteiger partial charge in [0.15, 0.2) is 0 Å². The molecule has 0 unspecified atom stereocenters. The fraction of sp³-hybridized carbons (Fsp3) is 0.667. The molecule has 10 heavy (non-hydrogen) atoms. The van der Waals surface area contributed by atoms with Gasteiger partial charge in [0, 0.05) is 5.57 Å². The first kappa shape index (κ1) is 7.34. The Labute approximate surface area is 62.4 Å². The lowest BCUT2D eigenvalue weighted by Crippen LogP contribution is -2.06. The predicted molar refractivity (Wildman–Crippen MR) is 41.3 cm³/mol. The molecule has 1 aliphatic carbocycles. The lowest BCUT2D eigenvalue weighted by Gasteiger charge is -2.18. The van der Waals surface area contributed by atoms with E-state index >= 15 is 0 Å². The van der Waals surface area contributed by atoms with Gasteiger partial charge in [-0.15, -0.1) is 0 Å². The highest BCUT2D eigenvalue weighted by molar-refractivity contribution is 5.34. The molecule has 0 aromatic rings. The fourth-order valence-corrected chi connectivity index (χ4v) is 1.36. The smallest absolute Gasteiger partial charge is 0.0946 e. The summed E-state index contributed by atoms with van der Waals surface area (Å²) in [6.07, 6.45) is 2.12. The number of nitriles is 1. The van der Waals surface area contributed by atoms with Crippen LogP contribution >= 0.6 is 0 Å². The van der Waals surface area contributed by atoms with Crippen molar-refractivity contribution in [3.8, 4) is 6.07 Å². The summed E-state index contributed by atoms with van der Waals surface area (Å²) in [5, 5.41) is 8.66. The second-order valence-corrected chi connectivity index (χ2v) is 3.60. The van der Waals surface area contributed by atoms with Gasteiger partial charge in [0.25, 0.3) is 0 Å². The molecule has 0 bridgehead atoms. The minimum atomic E-state index is 0.283. The molecule has 0 atom stereocenters. The van der Waals surface area contributed by atoms with Crippen molar-refractivity contribution in [1.82, 2.24) is 0 Å². The molecule has 0 saturated carbocycles. The summed E-state index contributed by atoms with van der Waals surface area (Å²) in [5.74, 6) is 0. The van der Waals surface area contributed by atoms with Gasteiger partial charge in [-0.2, -0.15) is 5.26 Å². The van der Waals surface area contributed by atoms with Crippen LogP contribution in [0.3, 0.4) is 0 Å². The van der Waals surface area contributed by atoms with Crippen LogP contribution in [0.2, 0.25) is 0 Å². The molecule has 0 aromatic heterocycles. The minimum Gasteiger partial charge on any atom is -0.193 e. The summed E-state index contributed by atoms with van der Waals surface area (Å²) in [4.78, 5) is 0. The third-order valence-corrected chi connectivity index (χ3v) is 2.60. The summed E-state index contributed by atoms with van der Waals surface area (Å²) < 4.78 is 0. The lowest BCUT2D eigenvalue weighted by atomic mass is 9.86. The van der Waals surface area contributed by atoms with Crippen LogP contribution in [0.1, 0.15) is 33.6 Å². The van der Waals surface area contributed by atoms with Crippen molar-refractivity contribution in [2.75, 3.05) is 0 Å². The van der Waals surface area contributed by atoms with Crippen molar-refractivity contribution in [2.45, 2.75) is 33.6 Å². The van der Waals surface area contributed by atoms with Gasteiger partial charge < -0.3 is 0 Å². The first-order valence-corrected chi connectivity index (χ1v) is 3.68. The maximum atomic E-state index is 8.66. The standard InChI is InChI=1S/C9H13N/c1-7-8(6-10)4-5-9(7,2)3/h4-5H2,1-3H3. The molecule has 1 nitrogen and oxygen atoms in total.